The molecule has 0 saturated carbocycles. The maximum atomic E-state index is 11.8. The van der Waals surface area contributed by atoms with Crippen LogP contribution < -0.4 is 5.56 Å². The molecule has 0 radical (unpaired) electrons. The molecule has 0 aliphatic heterocycles. The molecule has 90 valence electrons. The van der Waals surface area contributed by atoms with Gasteiger partial charge < -0.3 is 0 Å². The second-order valence-corrected chi connectivity index (χ2v) is 4.04. The summed E-state index contributed by atoms with van der Waals surface area (Å²) in [5.74, 6) is 0.646. The van der Waals surface area contributed by atoms with Crippen LogP contribution in [0.2, 0.25) is 5.15 Å². The lowest BCUT2D eigenvalue weighted by Crippen LogP contribution is -2.25. The SMILES string of the molecule is CCc1nc(Cl)cc(=O)n1Cc1cn(C)nn1. The maximum absolute atomic E-state index is 11.8. The Morgan fingerprint density at radius 2 is 2.24 bits per heavy atom. The lowest BCUT2D eigenvalue weighted by molar-refractivity contribution is 0.659. The number of aryl methyl sites for hydroxylation is 2. The molecule has 2 aromatic rings. The highest BCUT2D eigenvalue weighted by Gasteiger charge is 2.08. The summed E-state index contributed by atoms with van der Waals surface area (Å²) in [6.45, 7) is 2.28. The van der Waals surface area contributed by atoms with Crippen molar-refractivity contribution in [2.45, 2.75) is 19.9 Å². The van der Waals surface area contributed by atoms with Crippen molar-refractivity contribution in [1.82, 2.24) is 24.5 Å². The van der Waals surface area contributed by atoms with E-state index in [1.807, 2.05) is 6.92 Å². The van der Waals surface area contributed by atoms with Crippen LogP contribution >= 0.6 is 11.6 Å². The molecule has 0 unspecified atom stereocenters. The number of rotatable bonds is 3. The van der Waals surface area contributed by atoms with E-state index in [0.717, 1.165) is 0 Å². The Morgan fingerprint density at radius 1 is 1.47 bits per heavy atom. The van der Waals surface area contributed by atoms with Gasteiger partial charge in [0.05, 0.1) is 6.54 Å². The molecule has 17 heavy (non-hydrogen) atoms. The van der Waals surface area contributed by atoms with Gasteiger partial charge in [0, 0.05) is 25.7 Å². The summed E-state index contributed by atoms with van der Waals surface area (Å²) in [6.07, 6.45) is 2.40. The molecular formula is C10H12ClN5O. The molecule has 0 aliphatic rings. The first-order valence-corrected chi connectivity index (χ1v) is 5.59. The number of aromatic nitrogens is 5. The Morgan fingerprint density at radius 3 is 2.82 bits per heavy atom. The normalized spacial score (nSPS) is 10.8. The van der Waals surface area contributed by atoms with Gasteiger partial charge in [-0.15, -0.1) is 5.10 Å². The Balaban J connectivity index is 2.41. The van der Waals surface area contributed by atoms with E-state index in [9.17, 15) is 4.79 Å². The number of nitrogens with zero attached hydrogens (tertiary/aromatic N) is 5. The average molecular weight is 254 g/mol. The van der Waals surface area contributed by atoms with Crippen molar-refractivity contribution in [2.24, 2.45) is 7.05 Å². The van der Waals surface area contributed by atoms with E-state index in [4.69, 9.17) is 11.6 Å². The first kappa shape index (κ1) is 11.8. The lowest BCUT2D eigenvalue weighted by Gasteiger charge is -2.08. The van der Waals surface area contributed by atoms with Gasteiger partial charge in [-0.1, -0.05) is 23.7 Å². The highest BCUT2D eigenvalue weighted by molar-refractivity contribution is 6.29. The summed E-state index contributed by atoms with van der Waals surface area (Å²) < 4.78 is 3.14. The average Bonchev–Trinajstić information content (AvgIpc) is 2.67. The van der Waals surface area contributed by atoms with Crippen LogP contribution in [-0.4, -0.2) is 24.5 Å². The molecule has 0 atom stereocenters. The standard InChI is InChI=1S/C10H12ClN5O/c1-3-9-12-8(11)4-10(17)16(9)6-7-5-15(2)14-13-7/h4-5H,3,6H2,1-2H3. The molecule has 2 heterocycles. The van der Waals surface area contributed by atoms with Gasteiger partial charge in [-0.05, 0) is 0 Å². The second kappa shape index (κ2) is 4.67. The molecule has 0 saturated heterocycles. The van der Waals surface area contributed by atoms with Crippen LogP contribution in [0.1, 0.15) is 18.4 Å². The van der Waals surface area contributed by atoms with Gasteiger partial charge in [0.2, 0.25) is 0 Å². The van der Waals surface area contributed by atoms with Crippen LogP contribution in [0.25, 0.3) is 0 Å². The fourth-order valence-electron chi connectivity index (χ4n) is 1.59. The summed E-state index contributed by atoms with van der Waals surface area (Å²) in [5.41, 5.74) is 0.543. The molecule has 0 bridgehead atoms. The fourth-order valence-corrected chi connectivity index (χ4v) is 1.78. The summed E-state index contributed by atoms with van der Waals surface area (Å²) >= 11 is 5.75. The van der Waals surface area contributed by atoms with E-state index < -0.39 is 0 Å². The predicted octanol–water partition coefficient (Wildman–Crippen LogP) is 0.636. The first-order valence-electron chi connectivity index (χ1n) is 5.21. The van der Waals surface area contributed by atoms with Crippen LogP contribution in [0.5, 0.6) is 0 Å². The fraction of sp³-hybridized carbons (Fsp3) is 0.400. The van der Waals surface area contributed by atoms with E-state index in [0.29, 0.717) is 24.5 Å². The lowest BCUT2D eigenvalue weighted by atomic mass is 10.4. The highest BCUT2D eigenvalue weighted by Crippen LogP contribution is 2.05. The molecule has 0 spiro atoms. The summed E-state index contributed by atoms with van der Waals surface area (Å²) in [4.78, 5) is 15.9. The number of halogens is 1. The van der Waals surface area contributed by atoms with Gasteiger partial charge in [0.15, 0.2) is 0 Å². The zero-order chi connectivity index (χ0) is 12.4. The third kappa shape index (κ3) is 2.52. The zero-order valence-electron chi connectivity index (χ0n) is 9.59. The van der Waals surface area contributed by atoms with Crippen molar-refractivity contribution in [3.05, 3.63) is 39.3 Å². The van der Waals surface area contributed by atoms with Crippen molar-refractivity contribution in [1.29, 1.82) is 0 Å². The first-order chi connectivity index (χ1) is 8.10. The van der Waals surface area contributed by atoms with E-state index in [-0.39, 0.29) is 10.7 Å². The van der Waals surface area contributed by atoms with Crippen molar-refractivity contribution >= 4 is 11.6 Å². The topological polar surface area (TPSA) is 65.6 Å². The van der Waals surface area contributed by atoms with Gasteiger partial charge in [0.25, 0.3) is 5.56 Å². The van der Waals surface area contributed by atoms with E-state index in [1.165, 1.54) is 6.07 Å². The Labute approximate surface area is 103 Å². The third-order valence-electron chi connectivity index (χ3n) is 2.34. The van der Waals surface area contributed by atoms with Crippen LogP contribution in [0, 0.1) is 0 Å². The Bertz CT molecular complexity index is 589. The monoisotopic (exact) mass is 253 g/mol. The van der Waals surface area contributed by atoms with E-state index >= 15 is 0 Å². The van der Waals surface area contributed by atoms with E-state index in [2.05, 4.69) is 15.3 Å². The Kier molecular flexibility index (Phi) is 3.23. The molecule has 0 N–H and O–H groups in total. The Hall–Kier alpha value is -1.69. The number of hydrogen-bond donors (Lipinski definition) is 0. The van der Waals surface area contributed by atoms with Gasteiger partial charge >= 0.3 is 0 Å². The van der Waals surface area contributed by atoms with Crippen molar-refractivity contribution in [3.8, 4) is 0 Å². The molecule has 0 amide bonds. The van der Waals surface area contributed by atoms with Gasteiger partial charge in [-0.25, -0.2) is 4.98 Å². The third-order valence-corrected chi connectivity index (χ3v) is 2.54. The molecule has 0 aliphatic carbocycles. The predicted molar refractivity (Wildman–Crippen MR) is 63.0 cm³/mol. The van der Waals surface area contributed by atoms with E-state index in [1.54, 1.807) is 22.5 Å². The summed E-state index contributed by atoms with van der Waals surface area (Å²) in [6, 6.07) is 1.30. The maximum Gasteiger partial charge on any atom is 0.255 e. The minimum absolute atomic E-state index is 0.174. The molecule has 2 aromatic heterocycles. The molecule has 7 heteroatoms. The minimum atomic E-state index is -0.174. The largest absolute Gasteiger partial charge is 0.290 e. The van der Waals surface area contributed by atoms with Crippen molar-refractivity contribution in [3.63, 3.8) is 0 Å². The van der Waals surface area contributed by atoms with Crippen molar-refractivity contribution in [2.75, 3.05) is 0 Å². The van der Waals surface area contributed by atoms with Crippen LogP contribution in [0.4, 0.5) is 0 Å². The highest BCUT2D eigenvalue weighted by atomic mass is 35.5. The molecule has 0 aromatic carbocycles. The van der Waals surface area contributed by atoms with Gasteiger partial charge in [-0.2, -0.15) is 0 Å². The molecule has 0 fully saturated rings. The summed E-state index contributed by atoms with van der Waals surface area (Å²) in [7, 11) is 1.78. The molecule has 6 nitrogen and oxygen atoms in total. The van der Waals surface area contributed by atoms with Crippen LogP contribution in [0.3, 0.4) is 0 Å². The smallest absolute Gasteiger partial charge is 0.255 e. The molecule has 2 rings (SSSR count). The van der Waals surface area contributed by atoms with Gasteiger partial charge in [0.1, 0.15) is 16.7 Å². The molecular weight excluding hydrogens is 242 g/mol. The van der Waals surface area contributed by atoms with Crippen molar-refractivity contribution < 1.29 is 0 Å². The zero-order valence-corrected chi connectivity index (χ0v) is 10.3. The van der Waals surface area contributed by atoms with Crippen LogP contribution in [-0.2, 0) is 20.0 Å². The second-order valence-electron chi connectivity index (χ2n) is 3.66. The van der Waals surface area contributed by atoms with Gasteiger partial charge in [-0.3, -0.25) is 14.0 Å². The van der Waals surface area contributed by atoms with Crippen LogP contribution in [0.15, 0.2) is 17.1 Å². The minimum Gasteiger partial charge on any atom is -0.290 e. The number of hydrogen-bond acceptors (Lipinski definition) is 4. The quantitative estimate of drug-likeness (QED) is 0.753. The summed E-state index contributed by atoms with van der Waals surface area (Å²) in [5, 5.41) is 7.99.